The molecule has 86 valence electrons. The Morgan fingerprint density at radius 3 is 2.44 bits per heavy atom. The molecule has 1 amide bonds. The van der Waals surface area contributed by atoms with Gasteiger partial charge in [0.2, 0.25) is 0 Å². The van der Waals surface area contributed by atoms with Gasteiger partial charge in [-0.25, -0.2) is 4.79 Å². The Morgan fingerprint density at radius 1 is 1.38 bits per heavy atom. The highest BCUT2D eigenvalue weighted by Gasteiger charge is 2.23. The van der Waals surface area contributed by atoms with Crippen molar-refractivity contribution in [3.8, 4) is 0 Å². The van der Waals surface area contributed by atoms with Crippen LogP contribution in [-0.2, 0) is 4.79 Å². The summed E-state index contributed by atoms with van der Waals surface area (Å²) in [5.74, 6) is -1.46. The third kappa shape index (κ3) is 2.52. The van der Waals surface area contributed by atoms with Crippen LogP contribution in [0.4, 0.5) is 0 Å². The second-order valence-electron chi connectivity index (χ2n) is 3.41. The number of aliphatic carboxylic acids is 1. The molecule has 0 saturated heterocycles. The summed E-state index contributed by atoms with van der Waals surface area (Å²) < 4.78 is 0. The van der Waals surface area contributed by atoms with E-state index in [9.17, 15) is 9.59 Å². The number of benzene rings is 1. The van der Waals surface area contributed by atoms with Crippen molar-refractivity contribution in [1.29, 1.82) is 0 Å². The third-order valence-electron chi connectivity index (χ3n) is 2.36. The molecule has 0 aliphatic heterocycles. The predicted molar refractivity (Wildman–Crippen MR) is 60.6 cm³/mol. The van der Waals surface area contributed by atoms with Crippen LogP contribution in [0.3, 0.4) is 0 Å². The molecule has 1 atom stereocenters. The van der Waals surface area contributed by atoms with Crippen molar-refractivity contribution < 1.29 is 14.7 Å². The van der Waals surface area contributed by atoms with Gasteiger partial charge in [-0.05, 0) is 19.1 Å². The lowest BCUT2D eigenvalue weighted by Gasteiger charge is -2.21. The summed E-state index contributed by atoms with van der Waals surface area (Å²) in [6, 6.07) is 5.66. The van der Waals surface area contributed by atoms with E-state index in [0.29, 0.717) is 10.6 Å². The maximum absolute atomic E-state index is 11.9. The molecule has 0 aliphatic carbocycles. The number of carboxylic acids is 1. The van der Waals surface area contributed by atoms with E-state index in [2.05, 4.69) is 0 Å². The Bertz CT molecular complexity index is 419. The zero-order chi connectivity index (χ0) is 12.3. The molecule has 0 fully saturated rings. The summed E-state index contributed by atoms with van der Waals surface area (Å²) in [5, 5.41) is 9.11. The van der Waals surface area contributed by atoms with Crippen LogP contribution in [0, 0.1) is 0 Å². The fourth-order valence-corrected chi connectivity index (χ4v) is 1.38. The predicted octanol–water partition coefficient (Wildman–Crippen LogP) is 1.89. The Labute approximate surface area is 98.4 Å². The Hall–Kier alpha value is -1.55. The maximum Gasteiger partial charge on any atom is 0.326 e. The summed E-state index contributed by atoms with van der Waals surface area (Å²) in [4.78, 5) is 23.8. The molecule has 0 bridgehead atoms. The molecule has 1 unspecified atom stereocenters. The number of carboxylic acid groups (broad SMARTS) is 1. The highest BCUT2D eigenvalue weighted by molar-refractivity contribution is 6.33. The van der Waals surface area contributed by atoms with Crippen molar-refractivity contribution in [3.05, 3.63) is 34.9 Å². The van der Waals surface area contributed by atoms with Crippen LogP contribution >= 0.6 is 11.6 Å². The van der Waals surface area contributed by atoms with E-state index in [1.807, 2.05) is 0 Å². The number of carbonyl (C=O) groups is 2. The van der Waals surface area contributed by atoms with Crippen LogP contribution in [0.2, 0.25) is 5.02 Å². The molecule has 1 aromatic carbocycles. The molecule has 5 heteroatoms. The summed E-state index contributed by atoms with van der Waals surface area (Å²) in [5.41, 5.74) is 0.305. The fourth-order valence-electron chi connectivity index (χ4n) is 1.17. The van der Waals surface area contributed by atoms with Crippen molar-refractivity contribution in [3.63, 3.8) is 0 Å². The number of nitrogens with zero attached hydrogens (tertiary/aromatic N) is 1. The lowest BCUT2D eigenvalue weighted by atomic mass is 10.2. The van der Waals surface area contributed by atoms with Gasteiger partial charge in [-0.1, -0.05) is 23.7 Å². The lowest BCUT2D eigenvalue weighted by molar-refractivity contribution is -0.141. The summed E-state index contributed by atoms with van der Waals surface area (Å²) in [7, 11) is 1.43. The molecule has 4 nitrogen and oxygen atoms in total. The van der Waals surface area contributed by atoms with Gasteiger partial charge in [0.05, 0.1) is 10.6 Å². The summed E-state index contributed by atoms with van der Waals surface area (Å²) in [6.07, 6.45) is 0. The SMILES string of the molecule is CC(C(=O)O)N(C)C(=O)c1ccccc1Cl. The van der Waals surface area contributed by atoms with Crippen molar-refractivity contribution in [2.24, 2.45) is 0 Å². The second-order valence-corrected chi connectivity index (χ2v) is 3.82. The quantitative estimate of drug-likeness (QED) is 0.879. The maximum atomic E-state index is 11.9. The van der Waals surface area contributed by atoms with Crippen molar-refractivity contribution in [2.45, 2.75) is 13.0 Å². The molecule has 1 N–H and O–H groups in total. The van der Waals surface area contributed by atoms with Gasteiger partial charge in [-0.2, -0.15) is 0 Å². The van der Waals surface area contributed by atoms with E-state index in [1.54, 1.807) is 24.3 Å². The molecule has 0 aliphatic rings. The molecule has 1 rings (SSSR count). The number of hydrogen-bond donors (Lipinski definition) is 1. The molecule has 0 saturated carbocycles. The van der Waals surface area contributed by atoms with Crippen molar-refractivity contribution in [2.75, 3.05) is 7.05 Å². The molecule has 1 aromatic rings. The van der Waals surface area contributed by atoms with Gasteiger partial charge in [0.25, 0.3) is 5.91 Å². The van der Waals surface area contributed by atoms with Crippen LogP contribution in [0.15, 0.2) is 24.3 Å². The molecule has 0 radical (unpaired) electrons. The monoisotopic (exact) mass is 241 g/mol. The van der Waals surface area contributed by atoms with Gasteiger partial charge in [0, 0.05) is 7.05 Å². The molecular formula is C11H12ClNO3. The first kappa shape index (κ1) is 12.5. The van der Waals surface area contributed by atoms with Gasteiger partial charge in [-0.15, -0.1) is 0 Å². The molecule has 0 spiro atoms. The van der Waals surface area contributed by atoms with Crippen molar-refractivity contribution >= 4 is 23.5 Å². The van der Waals surface area contributed by atoms with Crippen LogP contribution in [0.25, 0.3) is 0 Å². The lowest BCUT2D eigenvalue weighted by Crippen LogP contribution is -2.40. The number of likely N-dealkylation sites (N-methyl/N-ethyl adjacent to an activating group) is 1. The zero-order valence-electron chi connectivity index (χ0n) is 8.98. The summed E-state index contributed by atoms with van der Waals surface area (Å²) in [6.45, 7) is 1.44. The van der Waals surface area contributed by atoms with Crippen molar-refractivity contribution in [1.82, 2.24) is 4.90 Å². The molecule has 16 heavy (non-hydrogen) atoms. The third-order valence-corrected chi connectivity index (χ3v) is 2.69. The van der Waals surface area contributed by atoms with E-state index >= 15 is 0 Å². The van der Waals surface area contributed by atoms with Gasteiger partial charge in [0.15, 0.2) is 0 Å². The normalized spacial score (nSPS) is 11.9. The van der Waals surface area contributed by atoms with Crippen LogP contribution < -0.4 is 0 Å². The highest BCUT2D eigenvalue weighted by Crippen LogP contribution is 2.17. The molecule has 0 heterocycles. The molecule has 0 aromatic heterocycles. The average Bonchev–Trinajstić information content (AvgIpc) is 2.26. The summed E-state index contributed by atoms with van der Waals surface area (Å²) >= 11 is 5.85. The molecular weight excluding hydrogens is 230 g/mol. The first-order chi connectivity index (χ1) is 7.45. The number of hydrogen-bond acceptors (Lipinski definition) is 2. The highest BCUT2D eigenvalue weighted by atomic mass is 35.5. The van der Waals surface area contributed by atoms with E-state index in [1.165, 1.54) is 14.0 Å². The van der Waals surface area contributed by atoms with Gasteiger partial charge >= 0.3 is 5.97 Å². The topological polar surface area (TPSA) is 57.6 Å². The smallest absolute Gasteiger partial charge is 0.326 e. The van der Waals surface area contributed by atoms with E-state index < -0.39 is 17.9 Å². The van der Waals surface area contributed by atoms with Crippen LogP contribution in [-0.4, -0.2) is 35.0 Å². The first-order valence-corrected chi connectivity index (χ1v) is 5.07. The minimum absolute atomic E-state index is 0.305. The zero-order valence-corrected chi connectivity index (χ0v) is 9.73. The number of rotatable bonds is 3. The Kier molecular flexibility index (Phi) is 3.90. The standard InChI is InChI=1S/C11H12ClNO3/c1-7(11(15)16)13(2)10(14)8-5-3-4-6-9(8)12/h3-7H,1-2H3,(H,15,16). The second kappa shape index (κ2) is 4.99. The van der Waals surface area contributed by atoms with Crippen LogP contribution in [0.1, 0.15) is 17.3 Å². The van der Waals surface area contributed by atoms with Gasteiger partial charge in [0.1, 0.15) is 6.04 Å². The van der Waals surface area contributed by atoms with E-state index in [0.717, 1.165) is 4.90 Å². The minimum Gasteiger partial charge on any atom is -0.480 e. The van der Waals surface area contributed by atoms with E-state index in [-0.39, 0.29) is 0 Å². The van der Waals surface area contributed by atoms with E-state index in [4.69, 9.17) is 16.7 Å². The van der Waals surface area contributed by atoms with Crippen LogP contribution in [0.5, 0.6) is 0 Å². The largest absolute Gasteiger partial charge is 0.480 e. The number of halogens is 1. The Balaban J connectivity index is 2.95. The first-order valence-electron chi connectivity index (χ1n) is 4.69. The minimum atomic E-state index is -1.05. The Morgan fingerprint density at radius 2 is 1.94 bits per heavy atom. The number of amides is 1. The fraction of sp³-hybridized carbons (Fsp3) is 0.273. The van der Waals surface area contributed by atoms with Gasteiger partial charge in [-0.3, -0.25) is 4.79 Å². The van der Waals surface area contributed by atoms with Gasteiger partial charge < -0.3 is 10.0 Å². The number of carbonyl (C=O) groups excluding carboxylic acids is 1. The average molecular weight is 242 g/mol.